The Morgan fingerprint density at radius 1 is 1.00 bits per heavy atom. The van der Waals surface area contributed by atoms with E-state index in [9.17, 15) is 13.2 Å². The average Bonchev–Trinajstić information content (AvgIpc) is 2.63. The number of carbonyl (C=O) groups excluding carboxylic acids is 1. The van der Waals surface area contributed by atoms with Crippen LogP contribution in [0.3, 0.4) is 0 Å². The van der Waals surface area contributed by atoms with E-state index < -0.39 is 10.0 Å². The molecule has 1 N–H and O–H groups in total. The van der Waals surface area contributed by atoms with Crippen molar-refractivity contribution < 1.29 is 13.2 Å². The van der Waals surface area contributed by atoms with E-state index in [1.165, 1.54) is 16.1 Å². The molecule has 0 saturated carbocycles. The van der Waals surface area contributed by atoms with Gasteiger partial charge in [-0.2, -0.15) is 0 Å². The number of aryl methyl sites for hydroxylation is 3. The van der Waals surface area contributed by atoms with Crippen molar-refractivity contribution in [1.29, 1.82) is 0 Å². The van der Waals surface area contributed by atoms with Crippen molar-refractivity contribution in [2.24, 2.45) is 0 Å². The first-order chi connectivity index (χ1) is 13.7. The van der Waals surface area contributed by atoms with Gasteiger partial charge >= 0.3 is 0 Å². The molecule has 0 aliphatic carbocycles. The Bertz CT molecular complexity index is 901. The van der Waals surface area contributed by atoms with E-state index in [1.54, 1.807) is 0 Å². The number of unbranched alkanes of at least 4 members (excludes halogenated alkanes) is 1. The highest BCUT2D eigenvalue weighted by Gasteiger charge is 2.18. The van der Waals surface area contributed by atoms with Crippen molar-refractivity contribution in [2.75, 3.05) is 22.4 Å². The number of rotatable bonds is 10. The van der Waals surface area contributed by atoms with E-state index >= 15 is 0 Å². The molecule has 1 amide bonds. The van der Waals surface area contributed by atoms with Crippen molar-refractivity contribution in [3.63, 3.8) is 0 Å². The number of benzene rings is 2. The van der Waals surface area contributed by atoms with Crippen LogP contribution in [0.1, 0.15) is 49.3 Å². The number of carbonyl (C=O) groups is 1. The third-order valence-corrected chi connectivity index (χ3v) is 5.91. The molecule has 0 fully saturated rings. The lowest BCUT2D eigenvalue weighted by Crippen LogP contribution is -2.31. The molecule has 0 unspecified atom stereocenters. The molecule has 6 heteroatoms. The second-order valence-corrected chi connectivity index (χ2v) is 9.54. The van der Waals surface area contributed by atoms with Crippen LogP contribution < -0.4 is 9.62 Å². The predicted molar refractivity (Wildman–Crippen MR) is 121 cm³/mol. The Labute approximate surface area is 175 Å². The first-order valence-corrected chi connectivity index (χ1v) is 12.0. The van der Waals surface area contributed by atoms with Crippen LogP contribution in [0.15, 0.2) is 42.5 Å². The van der Waals surface area contributed by atoms with Gasteiger partial charge in [0.1, 0.15) is 0 Å². The van der Waals surface area contributed by atoms with Crippen molar-refractivity contribution in [3.8, 4) is 0 Å². The van der Waals surface area contributed by atoms with Crippen LogP contribution in [-0.2, 0) is 21.2 Å². The summed E-state index contributed by atoms with van der Waals surface area (Å²) in [5.74, 6) is -0.111. The molecule has 2 rings (SSSR count). The Morgan fingerprint density at radius 2 is 1.62 bits per heavy atom. The van der Waals surface area contributed by atoms with Gasteiger partial charge in [-0.3, -0.25) is 9.10 Å². The molecular formula is C23H32N2O3S. The maximum Gasteiger partial charge on any atom is 0.232 e. The molecule has 0 aromatic heterocycles. The van der Waals surface area contributed by atoms with Crippen molar-refractivity contribution in [2.45, 2.75) is 52.9 Å². The smallest absolute Gasteiger partial charge is 0.232 e. The van der Waals surface area contributed by atoms with Crippen molar-refractivity contribution in [1.82, 2.24) is 0 Å². The molecule has 0 atom stereocenters. The Morgan fingerprint density at radius 3 is 2.17 bits per heavy atom. The Hall–Kier alpha value is -2.34. The lowest BCUT2D eigenvalue weighted by atomic mass is 10.1. The maximum atomic E-state index is 12.3. The van der Waals surface area contributed by atoms with Gasteiger partial charge in [-0.15, -0.1) is 0 Å². The summed E-state index contributed by atoms with van der Waals surface area (Å²) in [6.45, 7) is 6.32. The molecule has 0 radical (unpaired) electrons. The zero-order valence-electron chi connectivity index (χ0n) is 17.9. The van der Waals surface area contributed by atoms with Crippen LogP contribution in [0.5, 0.6) is 0 Å². The summed E-state index contributed by atoms with van der Waals surface area (Å²) in [7, 11) is -3.42. The molecule has 0 aliphatic rings. The molecule has 0 spiro atoms. The molecule has 0 saturated heterocycles. The van der Waals surface area contributed by atoms with Crippen LogP contribution >= 0.6 is 0 Å². The summed E-state index contributed by atoms with van der Waals surface area (Å²) in [6, 6.07) is 13.6. The summed E-state index contributed by atoms with van der Waals surface area (Å²) < 4.78 is 25.9. The van der Waals surface area contributed by atoms with E-state index in [0.717, 1.165) is 36.1 Å². The summed E-state index contributed by atoms with van der Waals surface area (Å²) in [6.07, 6.45) is 5.26. The standard InChI is InChI=1S/C23H32N2O3S/c1-5-6-8-20-10-12-21(13-11-20)24-23(26)9-7-14-25(29(4,27)28)22-16-18(2)15-19(3)17-22/h10-13,15-17H,5-9,14H2,1-4H3,(H,24,26). The highest BCUT2D eigenvalue weighted by atomic mass is 32.2. The van der Waals surface area contributed by atoms with Gasteiger partial charge in [-0.05, 0) is 74.1 Å². The van der Waals surface area contributed by atoms with Crippen LogP contribution in [0.25, 0.3) is 0 Å². The molecule has 2 aromatic carbocycles. The second kappa shape index (κ2) is 10.4. The van der Waals surface area contributed by atoms with Gasteiger partial charge in [0.05, 0.1) is 11.9 Å². The van der Waals surface area contributed by atoms with Gasteiger partial charge in [-0.1, -0.05) is 31.5 Å². The van der Waals surface area contributed by atoms with Crippen molar-refractivity contribution in [3.05, 3.63) is 59.2 Å². The maximum absolute atomic E-state index is 12.3. The molecule has 0 bridgehead atoms. The largest absolute Gasteiger partial charge is 0.326 e. The molecule has 29 heavy (non-hydrogen) atoms. The van der Waals surface area contributed by atoms with Crippen molar-refractivity contribution >= 4 is 27.3 Å². The highest BCUT2D eigenvalue weighted by molar-refractivity contribution is 7.92. The van der Waals surface area contributed by atoms with Crippen LogP contribution in [0.2, 0.25) is 0 Å². The third kappa shape index (κ3) is 7.54. The Kier molecular flexibility index (Phi) is 8.26. The molecule has 2 aromatic rings. The number of amides is 1. The SMILES string of the molecule is CCCCc1ccc(NC(=O)CCCN(c2cc(C)cc(C)c2)S(C)(=O)=O)cc1. The fourth-order valence-electron chi connectivity index (χ4n) is 3.32. The second-order valence-electron chi connectivity index (χ2n) is 7.63. The molecule has 5 nitrogen and oxygen atoms in total. The summed E-state index contributed by atoms with van der Waals surface area (Å²) in [5, 5.41) is 2.89. The monoisotopic (exact) mass is 416 g/mol. The number of hydrogen-bond donors (Lipinski definition) is 1. The topological polar surface area (TPSA) is 66.5 Å². The van der Waals surface area contributed by atoms with Gasteiger partial charge < -0.3 is 5.32 Å². The van der Waals surface area contributed by atoms with Gasteiger partial charge in [0.25, 0.3) is 0 Å². The lowest BCUT2D eigenvalue weighted by Gasteiger charge is -2.23. The third-order valence-electron chi connectivity index (χ3n) is 4.72. The minimum atomic E-state index is -3.42. The molecule has 0 aliphatic heterocycles. The number of anilines is 2. The zero-order valence-corrected chi connectivity index (χ0v) is 18.7. The van der Waals surface area contributed by atoms with Crippen LogP contribution in [0, 0.1) is 13.8 Å². The van der Waals surface area contributed by atoms with Crippen LogP contribution in [-0.4, -0.2) is 27.1 Å². The van der Waals surface area contributed by atoms with Crippen LogP contribution in [0.4, 0.5) is 11.4 Å². The zero-order chi connectivity index (χ0) is 21.4. The lowest BCUT2D eigenvalue weighted by molar-refractivity contribution is -0.116. The fraction of sp³-hybridized carbons (Fsp3) is 0.435. The molecular weight excluding hydrogens is 384 g/mol. The quantitative estimate of drug-likeness (QED) is 0.603. The number of hydrogen-bond acceptors (Lipinski definition) is 3. The minimum absolute atomic E-state index is 0.111. The first kappa shape index (κ1) is 22.9. The van der Waals surface area contributed by atoms with E-state index in [4.69, 9.17) is 0 Å². The number of sulfonamides is 1. The summed E-state index contributed by atoms with van der Waals surface area (Å²) in [4.78, 5) is 12.3. The molecule has 0 heterocycles. The minimum Gasteiger partial charge on any atom is -0.326 e. The number of nitrogens with one attached hydrogen (secondary N) is 1. The fourth-order valence-corrected chi connectivity index (χ4v) is 4.27. The van der Waals surface area contributed by atoms with E-state index in [2.05, 4.69) is 12.2 Å². The normalized spacial score (nSPS) is 11.3. The van der Waals surface area contributed by atoms with E-state index in [0.29, 0.717) is 12.1 Å². The van der Waals surface area contributed by atoms with Gasteiger partial charge in [0.2, 0.25) is 15.9 Å². The predicted octanol–water partition coefficient (Wildman–Crippen LogP) is 4.83. The van der Waals surface area contributed by atoms with Gasteiger partial charge in [0.15, 0.2) is 0 Å². The first-order valence-electron chi connectivity index (χ1n) is 10.1. The average molecular weight is 417 g/mol. The highest BCUT2D eigenvalue weighted by Crippen LogP contribution is 2.22. The van der Waals surface area contributed by atoms with E-state index in [-0.39, 0.29) is 18.9 Å². The summed E-state index contributed by atoms with van der Waals surface area (Å²) in [5.41, 5.74) is 4.70. The number of nitrogens with zero attached hydrogens (tertiary/aromatic N) is 1. The van der Waals surface area contributed by atoms with E-state index in [1.807, 2.05) is 56.3 Å². The van der Waals surface area contributed by atoms with Gasteiger partial charge in [-0.25, -0.2) is 8.42 Å². The van der Waals surface area contributed by atoms with Gasteiger partial charge in [0, 0.05) is 18.7 Å². The molecule has 158 valence electrons. The Balaban J connectivity index is 1.92. The summed E-state index contributed by atoms with van der Waals surface area (Å²) >= 11 is 0.